The van der Waals surface area contributed by atoms with Crippen LogP contribution in [0.2, 0.25) is 0 Å². The molecule has 0 radical (unpaired) electrons. The maximum absolute atomic E-state index is 14.3. The number of thioether (sulfide) groups is 1. The zero-order chi connectivity index (χ0) is 52.2. The summed E-state index contributed by atoms with van der Waals surface area (Å²) in [4.78, 5) is 67.3. The van der Waals surface area contributed by atoms with Gasteiger partial charge in [0.1, 0.15) is 30.0 Å². The van der Waals surface area contributed by atoms with E-state index in [2.05, 4.69) is 24.5 Å². The number of esters is 3. The molecule has 0 aliphatic heterocycles. The molecular formula is C56H106N2O10S. The Bertz CT molecular complexity index is 1370. The first-order chi connectivity index (χ1) is 32.4. The largest absolute Gasteiger partial charge is 0.462 e. The Hall–Kier alpha value is -2.54. The van der Waals surface area contributed by atoms with Crippen LogP contribution in [0, 0.1) is 0 Å². The number of unbranched alkanes of at least 4 members (excludes halogenated alkanes) is 24. The zero-order valence-electron chi connectivity index (χ0n) is 46.6. The van der Waals surface area contributed by atoms with Gasteiger partial charge in [0.05, 0.1) is 12.2 Å². The third kappa shape index (κ3) is 40.7. The lowest BCUT2D eigenvalue weighted by atomic mass is 10.0. The summed E-state index contributed by atoms with van der Waals surface area (Å²) in [6.07, 6.45) is 30.2. The highest BCUT2D eigenvalue weighted by Crippen LogP contribution is 2.31. The van der Waals surface area contributed by atoms with Gasteiger partial charge in [-0.25, -0.2) is 9.59 Å². The molecule has 0 fully saturated rings. The Morgan fingerprint density at radius 2 is 0.855 bits per heavy atom. The van der Waals surface area contributed by atoms with Crippen molar-refractivity contribution in [1.29, 1.82) is 0 Å². The Balaban J connectivity index is 5.77. The van der Waals surface area contributed by atoms with Gasteiger partial charge in [-0.1, -0.05) is 168 Å². The molecule has 0 saturated carbocycles. The van der Waals surface area contributed by atoms with Crippen LogP contribution in [0.5, 0.6) is 0 Å². The van der Waals surface area contributed by atoms with Crippen molar-refractivity contribution in [3.05, 3.63) is 0 Å². The minimum atomic E-state index is -1.24. The van der Waals surface area contributed by atoms with Gasteiger partial charge in [-0.2, -0.15) is 0 Å². The standard InChI is InChI=1S/C56H106N2O10S/c1-14-16-18-20-22-24-26-28-30-32-34-36-38-40-47(59)64-42-45(66-48(60)41-39-37-35-33-31-29-27-25-23-21-19-17-15-2)44-69-56(12,13)49(58-52(63)68-55(9,10)11)50(61)57-46(43-65-53(3,4)5)51(62)67-54(6,7)8/h45-46,49H,14-44H2,1-13H3,(H,57,61)(H,58,63)/t45-,46+,49-/m1/s1. The molecular weight excluding hydrogens is 893 g/mol. The molecule has 0 aromatic rings. The molecule has 406 valence electrons. The zero-order valence-corrected chi connectivity index (χ0v) is 47.5. The lowest BCUT2D eigenvalue weighted by Crippen LogP contribution is -2.60. The Morgan fingerprint density at radius 3 is 1.25 bits per heavy atom. The number of alkyl carbamates (subject to hydrolysis) is 1. The summed E-state index contributed by atoms with van der Waals surface area (Å²) in [5.41, 5.74) is -2.31. The second-order valence-electron chi connectivity index (χ2n) is 22.8. The van der Waals surface area contributed by atoms with E-state index >= 15 is 0 Å². The van der Waals surface area contributed by atoms with E-state index in [0.717, 1.165) is 38.5 Å². The molecule has 0 rings (SSSR count). The lowest BCUT2D eigenvalue weighted by Gasteiger charge is -2.36. The summed E-state index contributed by atoms with van der Waals surface area (Å²) in [7, 11) is 0. The normalized spacial score (nSPS) is 13.6. The summed E-state index contributed by atoms with van der Waals surface area (Å²) >= 11 is 1.28. The maximum Gasteiger partial charge on any atom is 0.408 e. The Morgan fingerprint density at radius 1 is 0.464 bits per heavy atom. The average Bonchev–Trinajstić information content (AvgIpc) is 3.24. The number of nitrogens with one attached hydrogen (secondary N) is 2. The van der Waals surface area contributed by atoms with E-state index < -0.39 is 57.7 Å². The van der Waals surface area contributed by atoms with Crippen LogP contribution in [0.4, 0.5) is 4.79 Å². The predicted octanol–water partition coefficient (Wildman–Crippen LogP) is 14.5. The van der Waals surface area contributed by atoms with E-state index in [-0.39, 0.29) is 43.7 Å². The van der Waals surface area contributed by atoms with Gasteiger partial charge in [-0.3, -0.25) is 14.4 Å². The minimum absolute atomic E-state index is 0.133. The van der Waals surface area contributed by atoms with E-state index in [1.807, 2.05) is 20.8 Å². The van der Waals surface area contributed by atoms with Crippen molar-refractivity contribution in [1.82, 2.24) is 10.6 Å². The summed E-state index contributed by atoms with van der Waals surface area (Å²) in [5.74, 6) is -1.89. The fraction of sp³-hybridized carbons (Fsp3) is 0.911. The molecule has 3 atom stereocenters. The minimum Gasteiger partial charge on any atom is -0.462 e. The van der Waals surface area contributed by atoms with Gasteiger partial charge in [0, 0.05) is 23.3 Å². The molecule has 0 aromatic heterocycles. The average molecular weight is 1000 g/mol. The maximum atomic E-state index is 14.3. The molecule has 0 aromatic carbocycles. The van der Waals surface area contributed by atoms with Gasteiger partial charge in [0.15, 0.2) is 6.04 Å². The summed E-state index contributed by atoms with van der Waals surface area (Å²) in [6.45, 7) is 23.7. The van der Waals surface area contributed by atoms with E-state index in [1.54, 1.807) is 55.4 Å². The van der Waals surface area contributed by atoms with Gasteiger partial charge in [-0.15, -0.1) is 11.8 Å². The topological polar surface area (TPSA) is 156 Å². The summed E-state index contributed by atoms with van der Waals surface area (Å²) in [6, 6.07) is -2.43. The van der Waals surface area contributed by atoms with Crippen LogP contribution in [0.15, 0.2) is 0 Å². The molecule has 0 bridgehead atoms. The first kappa shape index (κ1) is 66.5. The van der Waals surface area contributed by atoms with Gasteiger partial charge < -0.3 is 34.3 Å². The fourth-order valence-electron chi connectivity index (χ4n) is 7.69. The van der Waals surface area contributed by atoms with Crippen LogP contribution < -0.4 is 10.6 Å². The summed E-state index contributed by atoms with van der Waals surface area (Å²) in [5, 5.41) is 5.52. The molecule has 0 spiro atoms. The Kier molecular flexibility index (Phi) is 36.7. The van der Waals surface area contributed by atoms with Gasteiger partial charge in [0.2, 0.25) is 5.91 Å². The van der Waals surface area contributed by atoms with Crippen LogP contribution in [0.3, 0.4) is 0 Å². The predicted molar refractivity (Wildman–Crippen MR) is 285 cm³/mol. The molecule has 12 nitrogen and oxygen atoms in total. The third-order valence-corrected chi connectivity index (χ3v) is 13.2. The molecule has 0 heterocycles. The first-order valence-corrected chi connectivity index (χ1v) is 28.5. The van der Waals surface area contributed by atoms with Crippen LogP contribution in [-0.2, 0) is 42.9 Å². The number of ether oxygens (including phenoxy) is 5. The van der Waals surface area contributed by atoms with Crippen molar-refractivity contribution in [2.24, 2.45) is 0 Å². The molecule has 2 amide bonds. The summed E-state index contributed by atoms with van der Waals surface area (Å²) < 4.78 is 27.8. The highest BCUT2D eigenvalue weighted by atomic mass is 32.2. The van der Waals surface area contributed by atoms with Crippen LogP contribution >= 0.6 is 11.8 Å². The van der Waals surface area contributed by atoms with E-state index in [9.17, 15) is 24.0 Å². The molecule has 0 aliphatic carbocycles. The number of carbonyl (C=O) groups excluding carboxylic acids is 5. The smallest absolute Gasteiger partial charge is 0.408 e. The highest BCUT2D eigenvalue weighted by molar-refractivity contribution is 8.00. The van der Waals surface area contributed by atoms with E-state index in [4.69, 9.17) is 23.7 Å². The van der Waals surface area contributed by atoms with Crippen LogP contribution in [-0.4, -0.2) is 88.6 Å². The first-order valence-electron chi connectivity index (χ1n) is 27.5. The SMILES string of the molecule is CCCCCCCCCCCCCCCC(=O)OC[C@H](CSC(C)(C)[C@H](NC(=O)OC(C)(C)C)C(=O)N[C@@H](COC(C)(C)C)C(=O)OC(C)(C)C)OC(=O)CCCCCCCCCCCCCCC. The molecule has 69 heavy (non-hydrogen) atoms. The van der Waals surface area contributed by atoms with Crippen molar-refractivity contribution < 1.29 is 47.7 Å². The quantitative estimate of drug-likeness (QED) is 0.0341. The second kappa shape index (κ2) is 38.1. The molecule has 0 aliphatic rings. The molecule has 0 unspecified atom stereocenters. The van der Waals surface area contributed by atoms with Crippen LogP contribution in [0.1, 0.15) is 270 Å². The number of hydrogen-bond donors (Lipinski definition) is 2. The lowest BCUT2D eigenvalue weighted by molar-refractivity contribution is -0.162. The second-order valence-corrected chi connectivity index (χ2v) is 24.5. The Labute approximate surface area is 426 Å². The van der Waals surface area contributed by atoms with Crippen molar-refractivity contribution in [3.8, 4) is 0 Å². The number of hydrogen-bond acceptors (Lipinski definition) is 11. The van der Waals surface area contributed by atoms with Crippen molar-refractivity contribution in [2.75, 3.05) is 19.0 Å². The molecule has 2 N–H and O–H groups in total. The van der Waals surface area contributed by atoms with Crippen LogP contribution in [0.25, 0.3) is 0 Å². The van der Waals surface area contributed by atoms with E-state index in [1.165, 1.54) is 134 Å². The van der Waals surface area contributed by atoms with Crippen molar-refractivity contribution in [2.45, 2.75) is 310 Å². The van der Waals surface area contributed by atoms with Crippen molar-refractivity contribution in [3.63, 3.8) is 0 Å². The van der Waals surface area contributed by atoms with Gasteiger partial charge in [-0.05, 0) is 89.0 Å². The van der Waals surface area contributed by atoms with Gasteiger partial charge >= 0.3 is 24.0 Å². The molecule has 0 saturated heterocycles. The highest BCUT2D eigenvalue weighted by Gasteiger charge is 2.41. The third-order valence-electron chi connectivity index (χ3n) is 11.6. The number of rotatable bonds is 41. The monoisotopic (exact) mass is 999 g/mol. The number of carbonyl (C=O) groups is 5. The number of amides is 2. The fourth-order valence-corrected chi connectivity index (χ4v) is 8.81. The van der Waals surface area contributed by atoms with Crippen molar-refractivity contribution >= 4 is 41.7 Å². The molecule has 13 heteroatoms. The van der Waals surface area contributed by atoms with Gasteiger partial charge in [0.25, 0.3) is 0 Å². The van der Waals surface area contributed by atoms with E-state index in [0.29, 0.717) is 6.42 Å².